The Kier molecular flexibility index (Phi) is 6.71. The van der Waals surface area contributed by atoms with Gasteiger partial charge in [-0.15, -0.1) is 11.3 Å². The number of carbonyl (C=O) groups is 1. The van der Waals surface area contributed by atoms with E-state index >= 15 is 0 Å². The molecule has 25 heavy (non-hydrogen) atoms. The first-order chi connectivity index (χ1) is 11.9. The number of benzene rings is 1. The molecule has 0 atom stereocenters. The van der Waals surface area contributed by atoms with Crippen molar-refractivity contribution in [1.82, 2.24) is 9.62 Å². The summed E-state index contributed by atoms with van der Waals surface area (Å²) in [5.74, 6) is -0.171. The molecule has 1 heterocycles. The molecule has 0 radical (unpaired) electrons. The quantitative estimate of drug-likeness (QED) is 0.736. The van der Waals surface area contributed by atoms with Gasteiger partial charge in [0, 0.05) is 17.1 Å². The van der Waals surface area contributed by atoms with Crippen LogP contribution in [-0.2, 0) is 21.4 Å². The van der Waals surface area contributed by atoms with Crippen LogP contribution in [0.25, 0.3) is 0 Å². The van der Waals surface area contributed by atoms with Gasteiger partial charge in [0.05, 0.1) is 11.4 Å². The van der Waals surface area contributed by atoms with E-state index in [9.17, 15) is 13.2 Å². The number of thiophene rings is 1. The highest BCUT2D eigenvalue weighted by atomic mass is 32.2. The van der Waals surface area contributed by atoms with Crippen molar-refractivity contribution in [2.45, 2.75) is 25.3 Å². The lowest BCUT2D eigenvalue weighted by Gasteiger charge is -2.19. The number of rotatable bonds is 8. The third-order valence-corrected chi connectivity index (χ3v) is 6.22. The maximum atomic E-state index is 12.3. The van der Waals surface area contributed by atoms with Gasteiger partial charge >= 0.3 is 0 Å². The molecule has 0 bridgehead atoms. The zero-order valence-electron chi connectivity index (χ0n) is 14.6. The second-order valence-corrected chi connectivity index (χ2v) is 8.51. The van der Waals surface area contributed by atoms with Crippen molar-refractivity contribution in [1.29, 1.82) is 0 Å². The summed E-state index contributed by atoms with van der Waals surface area (Å²) in [5.41, 5.74) is 1.09. The molecule has 2 rings (SSSR count). The molecule has 0 spiro atoms. The molecule has 136 valence electrons. The number of hydrogen-bond donors (Lipinski definition) is 2. The SMILES string of the molecule is CCN(CC(=O)Nc1ccc(C)c(S(=O)(=O)NC)c1)Cc1cccs1. The summed E-state index contributed by atoms with van der Waals surface area (Å²) in [6.07, 6.45) is 0. The van der Waals surface area contributed by atoms with Gasteiger partial charge < -0.3 is 5.32 Å². The number of nitrogens with one attached hydrogen (secondary N) is 2. The number of carbonyl (C=O) groups excluding carboxylic acids is 1. The van der Waals surface area contributed by atoms with Gasteiger partial charge in [0.1, 0.15) is 0 Å². The van der Waals surface area contributed by atoms with Crippen molar-refractivity contribution in [2.75, 3.05) is 25.5 Å². The number of amides is 1. The summed E-state index contributed by atoms with van der Waals surface area (Å²) < 4.78 is 26.4. The number of sulfonamides is 1. The van der Waals surface area contributed by atoms with E-state index in [4.69, 9.17) is 0 Å². The largest absolute Gasteiger partial charge is 0.325 e. The summed E-state index contributed by atoms with van der Waals surface area (Å²) in [4.78, 5) is 15.7. The van der Waals surface area contributed by atoms with Gasteiger partial charge in [0.15, 0.2) is 0 Å². The maximum absolute atomic E-state index is 12.3. The molecule has 1 aromatic carbocycles. The normalized spacial score (nSPS) is 11.7. The van der Waals surface area contributed by atoms with E-state index < -0.39 is 10.0 Å². The summed E-state index contributed by atoms with van der Waals surface area (Å²) in [7, 11) is -2.19. The number of anilines is 1. The van der Waals surface area contributed by atoms with Crippen LogP contribution in [-0.4, -0.2) is 39.4 Å². The van der Waals surface area contributed by atoms with Crippen molar-refractivity contribution in [3.8, 4) is 0 Å². The summed E-state index contributed by atoms with van der Waals surface area (Å²) in [6.45, 7) is 5.43. The van der Waals surface area contributed by atoms with Crippen LogP contribution in [0.3, 0.4) is 0 Å². The van der Waals surface area contributed by atoms with E-state index in [1.165, 1.54) is 18.0 Å². The maximum Gasteiger partial charge on any atom is 0.240 e. The first kappa shape index (κ1) is 19.6. The molecular formula is C17H23N3O3S2. The summed E-state index contributed by atoms with van der Waals surface area (Å²) in [5, 5.41) is 4.79. The molecule has 1 aromatic heterocycles. The van der Waals surface area contributed by atoms with Gasteiger partial charge in [-0.05, 0) is 49.7 Å². The van der Waals surface area contributed by atoms with E-state index in [-0.39, 0.29) is 17.3 Å². The molecule has 0 saturated carbocycles. The first-order valence-electron chi connectivity index (χ1n) is 7.94. The minimum Gasteiger partial charge on any atom is -0.325 e. The Balaban J connectivity index is 2.06. The topological polar surface area (TPSA) is 78.5 Å². The number of nitrogens with zero attached hydrogens (tertiary/aromatic N) is 1. The van der Waals surface area contributed by atoms with Gasteiger partial charge in [-0.1, -0.05) is 19.1 Å². The Bertz CT molecular complexity index is 818. The van der Waals surface area contributed by atoms with Gasteiger partial charge in [-0.3, -0.25) is 9.69 Å². The van der Waals surface area contributed by atoms with Crippen LogP contribution in [0.5, 0.6) is 0 Å². The van der Waals surface area contributed by atoms with E-state index in [2.05, 4.69) is 10.0 Å². The minimum absolute atomic E-state index is 0.165. The number of hydrogen-bond acceptors (Lipinski definition) is 5. The first-order valence-corrected chi connectivity index (χ1v) is 10.3. The molecule has 0 fully saturated rings. The van der Waals surface area contributed by atoms with Crippen LogP contribution in [0.4, 0.5) is 5.69 Å². The lowest BCUT2D eigenvalue weighted by molar-refractivity contribution is -0.117. The van der Waals surface area contributed by atoms with Crippen LogP contribution in [0.2, 0.25) is 0 Å². The van der Waals surface area contributed by atoms with Gasteiger partial charge in [0.2, 0.25) is 15.9 Å². The standard InChI is InChI=1S/C17H23N3O3S2/c1-4-20(11-15-6-5-9-24-15)12-17(21)19-14-8-7-13(2)16(10-14)25(22,23)18-3/h5-10,18H,4,11-12H2,1-3H3,(H,19,21). The number of likely N-dealkylation sites (N-methyl/N-ethyl adjacent to an activating group) is 1. The summed E-state index contributed by atoms with van der Waals surface area (Å²) >= 11 is 1.66. The Morgan fingerprint density at radius 1 is 1.28 bits per heavy atom. The van der Waals surface area contributed by atoms with Crippen LogP contribution in [0.15, 0.2) is 40.6 Å². The highest BCUT2D eigenvalue weighted by molar-refractivity contribution is 7.89. The number of aryl methyl sites for hydroxylation is 1. The molecule has 1 amide bonds. The van der Waals surface area contributed by atoms with Crippen LogP contribution < -0.4 is 10.0 Å². The van der Waals surface area contributed by atoms with Gasteiger partial charge in [-0.2, -0.15) is 0 Å². The van der Waals surface area contributed by atoms with Crippen LogP contribution >= 0.6 is 11.3 Å². The average Bonchev–Trinajstić information content (AvgIpc) is 3.08. The van der Waals surface area contributed by atoms with Crippen LogP contribution in [0, 0.1) is 6.92 Å². The Morgan fingerprint density at radius 3 is 2.64 bits per heavy atom. The molecular weight excluding hydrogens is 358 g/mol. The van der Waals surface area contributed by atoms with Gasteiger partial charge in [-0.25, -0.2) is 13.1 Å². The second-order valence-electron chi connectivity index (χ2n) is 5.62. The average molecular weight is 382 g/mol. The van der Waals surface area contributed by atoms with Gasteiger partial charge in [0.25, 0.3) is 0 Å². The predicted molar refractivity (Wildman–Crippen MR) is 101 cm³/mol. The van der Waals surface area contributed by atoms with Crippen molar-refractivity contribution in [3.05, 3.63) is 46.2 Å². The molecule has 0 unspecified atom stereocenters. The smallest absolute Gasteiger partial charge is 0.240 e. The zero-order valence-corrected chi connectivity index (χ0v) is 16.2. The lowest BCUT2D eigenvalue weighted by atomic mass is 10.2. The molecule has 6 nitrogen and oxygen atoms in total. The van der Waals surface area contributed by atoms with E-state index in [1.807, 2.05) is 29.3 Å². The predicted octanol–water partition coefficient (Wildman–Crippen LogP) is 2.43. The van der Waals surface area contributed by atoms with E-state index in [0.29, 0.717) is 11.3 Å². The fraction of sp³-hybridized carbons (Fsp3) is 0.353. The summed E-state index contributed by atoms with van der Waals surface area (Å²) in [6, 6.07) is 8.90. The molecule has 2 N–H and O–H groups in total. The van der Waals surface area contributed by atoms with Crippen molar-refractivity contribution >= 4 is 33.0 Å². The Hall–Kier alpha value is -1.74. The van der Waals surface area contributed by atoms with E-state index in [1.54, 1.807) is 30.4 Å². The van der Waals surface area contributed by atoms with Crippen molar-refractivity contribution < 1.29 is 13.2 Å². The van der Waals surface area contributed by atoms with Crippen molar-refractivity contribution in [3.63, 3.8) is 0 Å². The zero-order chi connectivity index (χ0) is 18.4. The van der Waals surface area contributed by atoms with Crippen LogP contribution in [0.1, 0.15) is 17.4 Å². The Morgan fingerprint density at radius 2 is 2.04 bits per heavy atom. The fourth-order valence-electron chi connectivity index (χ4n) is 2.38. The monoisotopic (exact) mass is 381 g/mol. The molecule has 2 aromatic rings. The fourth-order valence-corrected chi connectivity index (χ4v) is 4.12. The van der Waals surface area contributed by atoms with Crippen molar-refractivity contribution in [2.24, 2.45) is 0 Å². The minimum atomic E-state index is -3.56. The molecule has 0 aliphatic heterocycles. The Labute approximate surface area is 152 Å². The molecule has 0 aliphatic rings. The molecule has 0 saturated heterocycles. The third kappa shape index (κ3) is 5.37. The highest BCUT2D eigenvalue weighted by Crippen LogP contribution is 2.20. The molecule has 8 heteroatoms. The molecule has 0 aliphatic carbocycles. The third-order valence-electron chi connectivity index (χ3n) is 3.80. The highest BCUT2D eigenvalue weighted by Gasteiger charge is 2.16. The van der Waals surface area contributed by atoms with E-state index in [0.717, 1.165) is 13.1 Å². The second kappa shape index (κ2) is 8.57. The lowest BCUT2D eigenvalue weighted by Crippen LogP contribution is -2.32.